The van der Waals surface area contributed by atoms with Crippen LogP contribution in [0.4, 0.5) is 0 Å². The second kappa shape index (κ2) is 4.62. The maximum Gasteiger partial charge on any atom is 0.237 e. The Hall–Kier alpha value is -1.54. The van der Waals surface area contributed by atoms with Gasteiger partial charge < -0.3 is 10.6 Å². The zero-order chi connectivity index (χ0) is 12.5. The van der Waals surface area contributed by atoms with E-state index in [0.29, 0.717) is 13.0 Å². The first-order chi connectivity index (χ1) is 8.78. The number of hydrogen-bond donors (Lipinski definition) is 2. The van der Waals surface area contributed by atoms with Gasteiger partial charge in [-0.3, -0.25) is 4.79 Å². The van der Waals surface area contributed by atoms with E-state index in [9.17, 15) is 4.79 Å². The molecule has 0 bridgehead atoms. The second-order valence-corrected chi connectivity index (χ2v) is 5.20. The van der Waals surface area contributed by atoms with E-state index in [1.807, 2.05) is 6.92 Å². The van der Waals surface area contributed by atoms with Crippen molar-refractivity contribution in [1.82, 2.24) is 30.4 Å². The molecule has 2 aromatic heterocycles. The molecule has 1 amide bonds. The fourth-order valence-electron chi connectivity index (χ4n) is 1.99. The van der Waals surface area contributed by atoms with E-state index >= 15 is 0 Å². The number of rotatable bonds is 3. The molecule has 0 radical (unpaired) electrons. The van der Waals surface area contributed by atoms with Gasteiger partial charge in [-0.2, -0.15) is 9.61 Å². The largest absolute Gasteiger partial charge is 0.353 e. The first-order valence-electron chi connectivity index (χ1n) is 5.99. The van der Waals surface area contributed by atoms with Crippen molar-refractivity contribution in [3.05, 3.63) is 10.8 Å². The van der Waals surface area contributed by atoms with Crippen molar-refractivity contribution in [2.45, 2.75) is 25.8 Å². The molecular weight excluding hydrogens is 252 g/mol. The van der Waals surface area contributed by atoms with Gasteiger partial charge in [-0.25, -0.2) is 0 Å². The molecule has 7 nitrogen and oxygen atoms in total. The zero-order valence-electron chi connectivity index (χ0n) is 10.0. The molecule has 2 N–H and O–H groups in total. The van der Waals surface area contributed by atoms with Crippen LogP contribution < -0.4 is 10.6 Å². The summed E-state index contributed by atoms with van der Waals surface area (Å²) in [5.41, 5.74) is 0. The number of aryl methyl sites for hydroxylation is 1. The number of fused-ring (bicyclic) bond motifs is 1. The van der Waals surface area contributed by atoms with Gasteiger partial charge in [0.25, 0.3) is 0 Å². The molecule has 1 aliphatic rings. The van der Waals surface area contributed by atoms with Gasteiger partial charge in [-0.05, 0) is 0 Å². The summed E-state index contributed by atoms with van der Waals surface area (Å²) in [5, 5.41) is 19.5. The van der Waals surface area contributed by atoms with E-state index < -0.39 is 0 Å². The standard InChI is InChI=1S/C10H14N6OS/c1-2-7-13-14-10-16(7)15-8(18-10)5-6-9(17)12-4-3-11-6/h6,11H,2-5H2,1H3,(H,12,17). The number of nitrogens with one attached hydrogen (secondary N) is 2. The lowest BCUT2D eigenvalue weighted by molar-refractivity contribution is -0.124. The number of amides is 1. The topological polar surface area (TPSA) is 84.2 Å². The Morgan fingerprint density at radius 2 is 2.33 bits per heavy atom. The summed E-state index contributed by atoms with van der Waals surface area (Å²) in [6.45, 7) is 3.52. The van der Waals surface area contributed by atoms with Crippen LogP contribution in [-0.4, -0.2) is 44.8 Å². The molecule has 1 atom stereocenters. The van der Waals surface area contributed by atoms with Gasteiger partial charge in [-0.15, -0.1) is 10.2 Å². The summed E-state index contributed by atoms with van der Waals surface area (Å²) in [4.78, 5) is 12.4. The van der Waals surface area contributed by atoms with Crippen molar-refractivity contribution >= 4 is 22.2 Å². The first-order valence-corrected chi connectivity index (χ1v) is 6.80. The van der Waals surface area contributed by atoms with Crippen LogP contribution in [0, 0.1) is 0 Å². The van der Waals surface area contributed by atoms with E-state index in [2.05, 4.69) is 25.9 Å². The molecule has 1 aliphatic heterocycles. The molecule has 18 heavy (non-hydrogen) atoms. The summed E-state index contributed by atoms with van der Waals surface area (Å²) in [5.74, 6) is 0.900. The molecule has 1 unspecified atom stereocenters. The third-order valence-corrected chi connectivity index (χ3v) is 3.84. The maximum absolute atomic E-state index is 11.6. The van der Waals surface area contributed by atoms with Gasteiger partial charge in [0.1, 0.15) is 5.01 Å². The van der Waals surface area contributed by atoms with Gasteiger partial charge in [0.2, 0.25) is 10.9 Å². The van der Waals surface area contributed by atoms with Gasteiger partial charge in [0, 0.05) is 25.9 Å². The van der Waals surface area contributed by atoms with E-state index in [1.54, 1.807) is 4.52 Å². The summed E-state index contributed by atoms with van der Waals surface area (Å²) >= 11 is 1.49. The van der Waals surface area contributed by atoms with Crippen LogP contribution in [0.15, 0.2) is 0 Å². The Labute approximate surface area is 108 Å². The first kappa shape index (κ1) is 11.5. The molecule has 0 aliphatic carbocycles. The normalized spacial score (nSPS) is 20.3. The maximum atomic E-state index is 11.6. The van der Waals surface area contributed by atoms with E-state index in [4.69, 9.17) is 0 Å². The van der Waals surface area contributed by atoms with Crippen LogP contribution in [0.25, 0.3) is 4.96 Å². The fourth-order valence-corrected chi connectivity index (χ4v) is 2.89. The second-order valence-electron chi connectivity index (χ2n) is 4.16. The van der Waals surface area contributed by atoms with Crippen molar-refractivity contribution < 1.29 is 4.79 Å². The fraction of sp³-hybridized carbons (Fsp3) is 0.600. The van der Waals surface area contributed by atoms with Crippen LogP contribution in [0.2, 0.25) is 0 Å². The van der Waals surface area contributed by atoms with Gasteiger partial charge in [-0.1, -0.05) is 18.3 Å². The SMILES string of the molecule is CCc1nnc2sc(CC3NCCNC3=O)nn12. The molecule has 0 aromatic carbocycles. The minimum Gasteiger partial charge on any atom is -0.353 e. The highest BCUT2D eigenvalue weighted by Crippen LogP contribution is 2.16. The summed E-state index contributed by atoms with van der Waals surface area (Å²) < 4.78 is 1.76. The molecule has 1 saturated heterocycles. The zero-order valence-corrected chi connectivity index (χ0v) is 10.8. The van der Waals surface area contributed by atoms with Gasteiger partial charge in [0.15, 0.2) is 5.82 Å². The van der Waals surface area contributed by atoms with Gasteiger partial charge >= 0.3 is 0 Å². The molecule has 8 heteroatoms. The Bertz CT molecular complexity index is 576. The summed E-state index contributed by atoms with van der Waals surface area (Å²) in [7, 11) is 0. The van der Waals surface area contributed by atoms with Crippen LogP contribution in [-0.2, 0) is 17.6 Å². The molecular formula is C10H14N6OS. The molecule has 1 fully saturated rings. The average molecular weight is 266 g/mol. The molecule has 2 aromatic rings. The van der Waals surface area contributed by atoms with Crippen molar-refractivity contribution in [1.29, 1.82) is 0 Å². The molecule has 0 spiro atoms. The van der Waals surface area contributed by atoms with Crippen molar-refractivity contribution in [3.8, 4) is 0 Å². The Morgan fingerprint density at radius 1 is 1.44 bits per heavy atom. The number of hydrogen-bond acceptors (Lipinski definition) is 6. The lowest BCUT2D eigenvalue weighted by Gasteiger charge is -2.22. The van der Waals surface area contributed by atoms with Crippen LogP contribution in [0.3, 0.4) is 0 Å². The Kier molecular flexibility index (Phi) is 2.96. The van der Waals surface area contributed by atoms with E-state index in [0.717, 1.165) is 28.8 Å². The molecule has 96 valence electrons. The lowest BCUT2D eigenvalue weighted by atomic mass is 10.1. The van der Waals surface area contributed by atoms with E-state index in [-0.39, 0.29) is 11.9 Å². The van der Waals surface area contributed by atoms with Crippen molar-refractivity contribution in [2.75, 3.05) is 13.1 Å². The smallest absolute Gasteiger partial charge is 0.237 e. The third-order valence-electron chi connectivity index (χ3n) is 2.92. The van der Waals surface area contributed by atoms with Crippen molar-refractivity contribution in [2.24, 2.45) is 0 Å². The Balaban J connectivity index is 1.81. The monoisotopic (exact) mass is 266 g/mol. The number of nitrogens with zero attached hydrogens (tertiary/aromatic N) is 4. The quantitative estimate of drug-likeness (QED) is 0.773. The highest BCUT2D eigenvalue weighted by molar-refractivity contribution is 7.16. The Morgan fingerprint density at radius 3 is 3.11 bits per heavy atom. The number of carbonyl (C=O) groups excluding carboxylic acids is 1. The minimum absolute atomic E-state index is 0.0444. The van der Waals surface area contributed by atoms with Crippen LogP contribution in [0.1, 0.15) is 17.8 Å². The van der Waals surface area contributed by atoms with Crippen LogP contribution in [0.5, 0.6) is 0 Å². The highest BCUT2D eigenvalue weighted by atomic mass is 32.1. The number of carbonyl (C=O) groups is 1. The van der Waals surface area contributed by atoms with E-state index in [1.165, 1.54) is 11.3 Å². The molecule has 0 saturated carbocycles. The predicted molar refractivity (Wildman–Crippen MR) is 66.5 cm³/mol. The van der Waals surface area contributed by atoms with Crippen LogP contribution >= 0.6 is 11.3 Å². The molecule has 3 heterocycles. The number of piperazine rings is 1. The number of aromatic nitrogens is 4. The predicted octanol–water partition coefficient (Wildman–Crippen LogP) is -0.621. The van der Waals surface area contributed by atoms with Gasteiger partial charge in [0.05, 0.1) is 6.04 Å². The average Bonchev–Trinajstić information content (AvgIpc) is 2.91. The third kappa shape index (κ3) is 1.97. The summed E-state index contributed by atoms with van der Waals surface area (Å²) in [6.07, 6.45) is 1.40. The molecule has 3 rings (SSSR count). The minimum atomic E-state index is -0.187. The summed E-state index contributed by atoms with van der Waals surface area (Å²) in [6, 6.07) is -0.187. The lowest BCUT2D eigenvalue weighted by Crippen LogP contribution is -2.53. The van der Waals surface area contributed by atoms with Crippen molar-refractivity contribution in [3.63, 3.8) is 0 Å². The highest BCUT2D eigenvalue weighted by Gasteiger charge is 2.23.